The van der Waals surface area contributed by atoms with Gasteiger partial charge in [0.05, 0.1) is 29.6 Å². The average molecular weight is 571 g/mol. The third kappa shape index (κ3) is 6.45. The van der Waals surface area contributed by atoms with Crippen molar-refractivity contribution >= 4 is 68.5 Å². The number of halogens is 2. The average Bonchev–Trinajstić information content (AvgIpc) is 3.31. The molecule has 0 aliphatic carbocycles. The quantitative estimate of drug-likeness (QED) is 0.314. The summed E-state index contributed by atoms with van der Waals surface area (Å²) in [5.41, 5.74) is 0. The maximum absolute atomic E-state index is 5.51. The van der Waals surface area contributed by atoms with Crippen LogP contribution >= 0.6 is 62.6 Å². The van der Waals surface area contributed by atoms with Crippen LogP contribution in [0.2, 0.25) is 0 Å². The minimum absolute atomic E-state index is 0. The number of nitrogens with zero attached hydrogens (tertiary/aromatic N) is 2. The standard InChI is InChI=1S/C17H23BrN4OS2.HI/c1-19-17(20-11-13-4-5-16(18)25-13)21-12-14(15-3-2-10-24-15)22-6-8-23-9-7-22;/h2-5,10,14H,6-9,11-12H2,1H3,(H2,19,20,21);1H. The predicted octanol–water partition coefficient (Wildman–Crippen LogP) is 3.93. The molecule has 1 aliphatic heterocycles. The van der Waals surface area contributed by atoms with E-state index in [0.29, 0.717) is 6.04 Å². The topological polar surface area (TPSA) is 48.9 Å². The van der Waals surface area contributed by atoms with Crippen LogP contribution in [0.4, 0.5) is 0 Å². The third-order valence-corrected chi connectivity index (χ3v) is 6.70. The zero-order chi connectivity index (χ0) is 17.5. The Morgan fingerprint density at radius 2 is 2.12 bits per heavy atom. The molecule has 2 aromatic heterocycles. The summed E-state index contributed by atoms with van der Waals surface area (Å²) in [6.07, 6.45) is 0. The maximum Gasteiger partial charge on any atom is 0.191 e. The second-order valence-electron chi connectivity index (χ2n) is 5.69. The van der Waals surface area contributed by atoms with Crippen molar-refractivity contribution < 1.29 is 4.74 Å². The van der Waals surface area contributed by atoms with Crippen molar-refractivity contribution in [1.82, 2.24) is 15.5 Å². The highest BCUT2D eigenvalue weighted by atomic mass is 127. The predicted molar refractivity (Wildman–Crippen MR) is 125 cm³/mol. The molecule has 144 valence electrons. The number of aliphatic imine (C=N–C) groups is 1. The summed E-state index contributed by atoms with van der Waals surface area (Å²) in [6, 6.07) is 8.87. The second-order valence-corrected chi connectivity index (χ2v) is 9.22. The van der Waals surface area contributed by atoms with Crippen molar-refractivity contribution in [3.05, 3.63) is 43.2 Å². The Balaban J connectivity index is 0.00000243. The van der Waals surface area contributed by atoms with Crippen LogP contribution in [0.1, 0.15) is 15.8 Å². The highest BCUT2D eigenvalue weighted by Gasteiger charge is 2.23. The molecule has 0 saturated carbocycles. The van der Waals surface area contributed by atoms with Gasteiger partial charge in [-0.15, -0.1) is 46.7 Å². The van der Waals surface area contributed by atoms with Crippen molar-refractivity contribution in [1.29, 1.82) is 0 Å². The number of ether oxygens (including phenoxy) is 1. The van der Waals surface area contributed by atoms with Gasteiger partial charge >= 0.3 is 0 Å². The maximum atomic E-state index is 5.51. The van der Waals surface area contributed by atoms with Crippen LogP contribution in [0, 0.1) is 0 Å². The van der Waals surface area contributed by atoms with Gasteiger partial charge in [-0.3, -0.25) is 9.89 Å². The molecule has 0 bridgehead atoms. The summed E-state index contributed by atoms with van der Waals surface area (Å²) in [4.78, 5) is 9.51. The van der Waals surface area contributed by atoms with Gasteiger partial charge in [0.2, 0.25) is 0 Å². The van der Waals surface area contributed by atoms with Crippen LogP contribution < -0.4 is 10.6 Å². The Morgan fingerprint density at radius 3 is 2.73 bits per heavy atom. The second kappa shape index (κ2) is 11.6. The highest BCUT2D eigenvalue weighted by molar-refractivity contribution is 14.0. The monoisotopic (exact) mass is 570 g/mol. The first kappa shape index (κ1) is 22.1. The molecule has 0 amide bonds. The van der Waals surface area contributed by atoms with Crippen molar-refractivity contribution in [2.75, 3.05) is 39.9 Å². The molecular weight excluding hydrogens is 547 g/mol. The summed E-state index contributed by atoms with van der Waals surface area (Å²) in [5, 5.41) is 9.02. The SMILES string of the molecule is CN=C(NCc1ccc(Br)s1)NCC(c1cccs1)N1CCOCC1.I. The van der Waals surface area contributed by atoms with Gasteiger partial charge in [0.25, 0.3) is 0 Å². The number of thiophene rings is 2. The Labute approximate surface area is 188 Å². The molecule has 3 rings (SSSR count). The molecule has 1 fully saturated rings. The molecule has 0 aromatic carbocycles. The van der Waals surface area contributed by atoms with E-state index >= 15 is 0 Å². The van der Waals surface area contributed by atoms with Crippen molar-refractivity contribution in [2.45, 2.75) is 12.6 Å². The van der Waals surface area contributed by atoms with E-state index in [1.807, 2.05) is 18.4 Å². The first-order valence-electron chi connectivity index (χ1n) is 8.30. The van der Waals surface area contributed by atoms with Gasteiger partial charge in [0.1, 0.15) is 0 Å². The number of guanidine groups is 1. The first-order valence-corrected chi connectivity index (χ1v) is 10.8. The van der Waals surface area contributed by atoms with Gasteiger partial charge < -0.3 is 15.4 Å². The lowest BCUT2D eigenvalue weighted by molar-refractivity contribution is 0.0177. The molecule has 9 heteroatoms. The molecule has 1 aliphatic rings. The van der Waals surface area contributed by atoms with Crippen LogP contribution in [0.3, 0.4) is 0 Å². The molecule has 1 atom stereocenters. The van der Waals surface area contributed by atoms with Gasteiger partial charge in [-0.1, -0.05) is 6.07 Å². The lowest BCUT2D eigenvalue weighted by atomic mass is 10.2. The van der Waals surface area contributed by atoms with Gasteiger partial charge in [-0.25, -0.2) is 0 Å². The Bertz CT molecular complexity index is 674. The van der Waals surface area contributed by atoms with E-state index < -0.39 is 0 Å². The summed E-state index contributed by atoms with van der Waals surface area (Å²) >= 11 is 7.05. The molecule has 1 saturated heterocycles. The van der Waals surface area contributed by atoms with E-state index in [2.05, 4.69) is 66.1 Å². The fraction of sp³-hybridized carbons (Fsp3) is 0.471. The largest absolute Gasteiger partial charge is 0.379 e. The van der Waals surface area contributed by atoms with Crippen molar-refractivity contribution in [2.24, 2.45) is 4.99 Å². The third-order valence-electron chi connectivity index (χ3n) is 4.10. The highest BCUT2D eigenvalue weighted by Crippen LogP contribution is 2.25. The van der Waals surface area contributed by atoms with E-state index in [1.54, 1.807) is 11.3 Å². The minimum atomic E-state index is 0. The van der Waals surface area contributed by atoms with E-state index in [1.165, 1.54) is 9.75 Å². The van der Waals surface area contributed by atoms with Crippen LogP contribution in [0.15, 0.2) is 38.4 Å². The number of hydrogen-bond donors (Lipinski definition) is 2. The number of hydrogen-bond acceptors (Lipinski definition) is 5. The zero-order valence-corrected chi connectivity index (χ0v) is 20.2. The minimum Gasteiger partial charge on any atom is -0.379 e. The fourth-order valence-electron chi connectivity index (χ4n) is 2.81. The number of rotatable bonds is 6. The van der Waals surface area contributed by atoms with Crippen molar-refractivity contribution in [3.63, 3.8) is 0 Å². The van der Waals surface area contributed by atoms with E-state index in [0.717, 1.165) is 49.1 Å². The Hall–Kier alpha value is -0.200. The van der Waals surface area contributed by atoms with E-state index in [-0.39, 0.29) is 24.0 Å². The molecular formula is C17H24BrIN4OS2. The molecule has 1 unspecified atom stereocenters. The fourth-order valence-corrected chi connectivity index (χ4v) is 5.09. The molecule has 3 heterocycles. The lowest BCUT2D eigenvalue weighted by Crippen LogP contribution is -2.45. The summed E-state index contributed by atoms with van der Waals surface area (Å²) in [6.45, 7) is 5.16. The molecule has 0 radical (unpaired) electrons. The Morgan fingerprint density at radius 1 is 1.31 bits per heavy atom. The summed E-state index contributed by atoms with van der Waals surface area (Å²) in [7, 11) is 1.81. The first-order chi connectivity index (χ1) is 12.3. The van der Waals surface area contributed by atoms with Crippen LogP contribution in [-0.4, -0.2) is 50.8 Å². The van der Waals surface area contributed by atoms with E-state index in [9.17, 15) is 0 Å². The molecule has 2 N–H and O–H groups in total. The summed E-state index contributed by atoms with van der Waals surface area (Å²) in [5.74, 6) is 0.833. The van der Waals surface area contributed by atoms with Crippen LogP contribution in [-0.2, 0) is 11.3 Å². The number of nitrogens with one attached hydrogen (secondary N) is 2. The van der Waals surface area contributed by atoms with Gasteiger partial charge in [0.15, 0.2) is 5.96 Å². The molecule has 0 spiro atoms. The van der Waals surface area contributed by atoms with Crippen LogP contribution in [0.25, 0.3) is 0 Å². The summed E-state index contributed by atoms with van der Waals surface area (Å²) < 4.78 is 6.66. The van der Waals surface area contributed by atoms with Gasteiger partial charge in [-0.2, -0.15) is 0 Å². The lowest BCUT2D eigenvalue weighted by Gasteiger charge is -2.34. The number of morpholine rings is 1. The zero-order valence-electron chi connectivity index (χ0n) is 14.6. The Kier molecular flexibility index (Phi) is 9.86. The van der Waals surface area contributed by atoms with E-state index in [4.69, 9.17) is 4.74 Å². The van der Waals surface area contributed by atoms with Gasteiger partial charge in [0, 0.05) is 36.4 Å². The molecule has 26 heavy (non-hydrogen) atoms. The smallest absolute Gasteiger partial charge is 0.191 e. The molecule has 2 aromatic rings. The molecule has 5 nitrogen and oxygen atoms in total. The van der Waals surface area contributed by atoms with Crippen LogP contribution in [0.5, 0.6) is 0 Å². The van der Waals surface area contributed by atoms with Crippen molar-refractivity contribution in [3.8, 4) is 0 Å². The van der Waals surface area contributed by atoms with Gasteiger partial charge in [-0.05, 0) is 39.5 Å². The normalized spacial score (nSPS) is 16.8.